The first kappa shape index (κ1) is 21.1. The number of aryl methyl sites for hydroxylation is 2. The minimum absolute atomic E-state index is 0.208. The van der Waals surface area contributed by atoms with Crippen LogP contribution >= 0.6 is 0 Å². The van der Waals surface area contributed by atoms with Gasteiger partial charge in [0.1, 0.15) is 0 Å². The van der Waals surface area contributed by atoms with Gasteiger partial charge in [-0.1, -0.05) is 26.0 Å². The van der Waals surface area contributed by atoms with Crippen molar-refractivity contribution in [1.82, 2.24) is 19.6 Å². The maximum atomic E-state index is 13.3. The van der Waals surface area contributed by atoms with Crippen LogP contribution in [0.5, 0.6) is 0 Å². The molecule has 3 heterocycles. The fourth-order valence-corrected chi connectivity index (χ4v) is 5.34. The molecular formula is C25H36N4O. The number of benzene rings is 1. The molecule has 5 nitrogen and oxygen atoms in total. The van der Waals surface area contributed by atoms with E-state index in [1.807, 2.05) is 23.7 Å². The van der Waals surface area contributed by atoms with Crippen molar-refractivity contribution < 1.29 is 4.79 Å². The molecule has 0 aliphatic carbocycles. The smallest absolute Gasteiger partial charge is 0.254 e. The summed E-state index contributed by atoms with van der Waals surface area (Å²) in [6, 6.07) is 10.7. The van der Waals surface area contributed by atoms with E-state index in [-0.39, 0.29) is 5.91 Å². The Morgan fingerprint density at radius 2 is 1.90 bits per heavy atom. The number of carbonyl (C=O) groups excluding carboxylic acids is 1. The maximum absolute atomic E-state index is 13.3. The van der Waals surface area contributed by atoms with Crippen molar-refractivity contribution in [3.05, 3.63) is 52.8 Å². The summed E-state index contributed by atoms with van der Waals surface area (Å²) >= 11 is 0. The molecule has 2 fully saturated rings. The topological polar surface area (TPSA) is 41.4 Å². The average molecular weight is 409 g/mol. The van der Waals surface area contributed by atoms with E-state index in [9.17, 15) is 4.79 Å². The molecule has 0 unspecified atom stereocenters. The molecule has 0 radical (unpaired) electrons. The van der Waals surface area contributed by atoms with Crippen molar-refractivity contribution in [1.29, 1.82) is 0 Å². The zero-order valence-corrected chi connectivity index (χ0v) is 19.0. The lowest BCUT2D eigenvalue weighted by Crippen LogP contribution is -2.56. The van der Waals surface area contributed by atoms with Crippen molar-refractivity contribution >= 4 is 5.91 Å². The summed E-state index contributed by atoms with van der Waals surface area (Å²) < 4.78 is 2.02. The third kappa shape index (κ3) is 4.61. The molecular weight excluding hydrogens is 372 g/mol. The first-order valence-electron chi connectivity index (χ1n) is 11.5. The molecule has 162 valence electrons. The van der Waals surface area contributed by atoms with E-state index in [0.717, 1.165) is 56.0 Å². The van der Waals surface area contributed by atoms with Crippen LogP contribution in [0.2, 0.25) is 0 Å². The summed E-state index contributed by atoms with van der Waals surface area (Å²) in [7, 11) is 0. The molecule has 0 saturated carbocycles. The van der Waals surface area contributed by atoms with Gasteiger partial charge in [0.15, 0.2) is 0 Å². The minimum atomic E-state index is 0.208. The minimum Gasteiger partial charge on any atom is -0.335 e. The second-order valence-electron chi connectivity index (χ2n) is 9.69. The van der Waals surface area contributed by atoms with E-state index in [2.05, 4.69) is 53.9 Å². The fraction of sp³-hybridized carbons (Fsp3) is 0.600. The molecule has 0 N–H and O–H groups in total. The second kappa shape index (κ2) is 8.93. The van der Waals surface area contributed by atoms with Crippen molar-refractivity contribution in [2.75, 3.05) is 26.2 Å². The van der Waals surface area contributed by atoms with Gasteiger partial charge in [0, 0.05) is 43.5 Å². The number of piperidine rings is 2. The van der Waals surface area contributed by atoms with Gasteiger partial charge < -0.3 is 9.80 Å². The van der Waals surface area contributed by atoms with E-state index < -0.39 is 0 Å². The molecule has 2 saturated heterocycles. The number of hydrogen-bond donors (Lipinski definition) is 0. The third-order valence-corrected chi connectivity index (χ3v) is 6.67. The van der Waals surface area contributed by atoms with Gasteiger partial charge in [0.2, 0.25) is 0 Å². The van der Waals surface area contributed by atoms with Gasteiger partial charge in [-0.3, -0.25) is 9.48 Å². The highest BCUT2D eigenvalue weighted by Crippen LogP contribution is 2.32. The number of fused-ring (bicyclic) bond motifs is 1. The fourth-order valence-electron chi connectivity index (χ4n) is 5.34. The van der Waals surface area contributed by atoms with E-state index in [4.69, 9.17) is 0 Å². The molecule has 30 heavy (non-hydrogen) atoms. The molecule has 1 amide bonds. The largest absolute Gasteiger partial charge is 0.335 e. The van der Waals surface area contributed by atoms with Crippen molar-refractivity contribution in [2.24, 2.45) is 11.8 Å². The van der Waals surface area contributed by atoms with Crippen LogP contribution in [0.4, 0.5) is 0 Å². The predicted molar refractivity (Wildman–Crippen MR) is 121 cm³/mol. The SMILES string of the molecule is Cc1cc(C)n(Cc2ccc(C(=O)N3CCC[C@@H]4CN(CC(C)C)CC[C@@H]43)cc2)n1. The van der Waals surface area contributed by atoms with Crippen LogP contribution in [-0.4, -0.2) is 57.7 Å². The number of carbonyl (C=O) groups is 1. The quantitative estimate of drug-likeness (QED) is 0.747. The van der Waals surface area contributed by atoms with Gasteiger partial charge in [0.25, 0.3) is 5.91 Å². The second-order valence-corrected chi connectivity index (χ2v) is 9.69. The van der Waals surface area contributed by atoms with Crippen LogP contribution in [0, 0.1) is 25.7 Å². The van der Waals surface area contributed by atoms with Gasteiger partial charge in [-0.05, 0) is 68.7 Å². The molecule has 5 heteroatoms. The van der Waals surface area contributed by atoms with E-state index in [1.54, 1.807) is 0 Å². The number of likely N-dealkylation sites (tertiary alicyclic amines) is 2. The molecule has 2 aliphatic heterocycles. The van der Waals surface area contributed by atoms with Gasteiger partial charge >= 0.3 is 0 Å². The summed E-state index contributed by atoms with van der Waals surface area (Å²) in [6.07, 6.45) is 3.49. The summed E-state index contributed by atoms with van der Waals surface area (Å²) in [5.74, 6) is 1.54. The lowest BCUT2D eigenvalue weighted by atomic mass is 9.83. The predicted octanol–water partition coefficient (Wildman–Crippen LogP) is 4.13. The maximum Gasteiger partial charge on any atom is 0.254 e. The monoisotopic (exact) mass is 408 g/mol. The van der Waals surface area contributed by atoms with Crippen molar-refractivity contribution in [3.8, 4) is 0 Å². The first-order valence-corrected chi connectivity index (χ1v) is 11.5. The number of amides is 1. The van der Waals surface area contributed by atoms with E-state index >= 15 is 0 Å². The Morgan fingerprint density at radius 1 is 1.13 bits per heavy atom. The Morgan fingerprint density at radius 3 is 2.57 bits per heavy atom. The third-order valence-electron chi connectivity index (χ3n) is 6.67. The van der Waals surface area contributed by atoms with Crippen LogP contribution < -0.4 is 0 Å². The highest BCUT2D eigenvalue weighted by Gasteiger charge is 2.38. The van der Waals surface area contributed by atoms with Crippen LogP contribution in [0.15, 0.2) is 30.3 Å². The van der Waals surface area contributed by atoms with Crippen molar-refractivity contribution in [3.63, 3.8) is 0 Å². The summed E-state index contributed by atoms with van der Waals surface area (Å²) in [5, 5.41) is 4.54. The van der Waals surface area contributed by atoms with Gasteiger partial charge in [-0.25, -0.2) is 0 Å². The highest BCUT2D eigenvalue weighted by atomic mass is 16.2. The molecule has 1 aromatic carbocycles. The Kier molecular flexibility index (Phi) is 6.28. The number of hydrogen-bond acceptors (Lipinski definition) is 3. The first-order chi connectivity index (χ1) is 14.4. The van der Waals surface area contributed by atoms with Gasteiger partial charge in [-0.2, -0.15) is 5.10 Å². The van der Waals surface area contributed by atoms with Crippen LogP contribution in [0.1, 0.15) is 60.4 Å². The molecule has 2 aromatic rings. The summed E-state index contributed by atoms with van der Waals surface area (Å²) in [5.41, 5.74) is 4.20. The lowest BCUT2D eigenvalue weighted by Gasteiger charge is -2.47. The van der Waals surface area contributed by atoms with Crippen LogP contribution in [-0.2, 0) is 6.54 Å². The Hall–Kier alpha value is -2.14. The van der Waals surface area contributed by atoms with Crippen LogP contribution in [0.3, 0.4) is 0 Å². The Labute approximate surface area is 181 Å². The van der Waals surface area contributed by atoms with Crippen molar-refractivity contribution in [2.45, 2.75) is 59.5 Å². The molecule has 0 spiro atoms. The number of aromatic nitrogens is 2. The standard InChI is InChI=1S/C25H36N4O/c1-18(2)15-27-13-11-24-23(17-27)6-5-12-28(24)25(30)22-9-7-21(8-10-22)16-29-20(4)14-19(3)26-29/h7-10,14,18,23-24H,5-6,11-13,15-17H2,1-4H3/t23-,24+/m1/s1. The molecule has 4 rings (SSSR count). The van der Waals surface area contributed by atoms with Gasteiger partial charge in [0.05, 0.1) is 12.2 Å². The van der Waals surface area contributed by atoms with Crippen LogP contribution in [0.25, 0.3) is 0 Å². The number of rotatable bonds is 5. The molecule has 2 atom stereocenters. The van der Waals surface area contributed by atoms with E-state index in [1.165, 1.54) is 18.5 Å². The molecule has 2 aliphatic rings. The summed E-state index contributed by atoms with van der Waals surface area (Å²) in [6.45, 7) is 13.8. The highest BCUT2D eigenvalue weighted by molar-refractivity contribution is 5.94. The van der Waals surface area contributed by atoms with Gasteiger partial charge in [-0.15, -0.1) is 0 Å². The average Bonchev–Trinajstić information content (AvgIpc) is 3.03. The summed E-state index contributed by atoms with van der Waals surface area (Å²) in [4.78, 5) is 18.1. The zero-order valence-electron chi connectivity index (χ0n) is 19.0. The lowest BCUT2D eigenvalue weighted by molar-refractivity contribution is 0.0179. The normalized spacial score (nSPS) is 22.4. The Bertz CT molecular complexity index is 870. The van der Waals surface area contributed by atoms with E-state index in [0.29, 0.717) is 17.9 Å². The zero-order chi connectivity index (χ0) is 21.3. The Balaban J connectivity index is 1.42. The number of nitrogens with zero attached hydrogens (tertiary/aromatic N) is 4. The molecule has 0 bridgehead atoms. The molecule has 1 aromatic heterocycles.